The summed E-state index contributed by atoms with van der Waals surface area (Å²) in [4.78, 5) is 1.24. The van der Waals surface area contributed by atoms with Gasteiger partial charge in [-0.05, 0) is 23.4 Å². The lowest BCUT2D eigenvalue weighted by molar-refractivity contribution is 1.06. The number of benzene rings is 1. The molecule has 0 aliphatic carbocycles. The Morgan fingerprint density at radius 3 is 2.83 bits per heavy atom. The lowest BCUT2D eigenvalue weighted by Crippen LogP contribution is -1.96. The first-order valence-corrected chi connectivity index (χ1v) is 5.03. The van der Waals surface area contributed by atoms with Crippen LogP contribution in [-0.4, -0.2) is 6.26 Å². The molecular formula is C10H13NS. The van der Waals surface area contributed by atoms with Gasteiger partial charge in [0.25, 0.3) is 0 Å². The van der Waals surface area contributed by atoms with Crippen molar-refractivity contribution in [1.82, 2.24) is 0 Å². The van der Waals surface area contributed by atoms with Gasteiger partial charge in [0, 0.05) is 11.4 Å². The number of rotatable bonds is 3. The van der Waals surface area contributed by atoms with Gasteiger partial charge in [-0.15, -0.1) is 11.8 Å². The normalized spacial score (nSPS) is 9.83. The molecule has 0 spiro atoms. The minimum absolute atomic E-state index is 0.602. The van der Waals surface area contributed by atoms with Gasteiger partial charge in [-0.1, -0.05) is 24.8 Å². The SMILES string of the molecule is C=Cc1ccc(CN)cc1SC. The molecule has 0 fully saturated rings. The standard InChI is InChI=1S/C10H13NS/c1-3-9-5-4-8(7-11)6-10(9)12-2/h3-6H,1,7,11H2,2H3. The first kappa shape index (κ1) is 9.36. The van der Waals surface area contributed by atoms with Crippen molar-refractivity contribution < 1.29 is 0 Å². The van der Waals surface area contributed by atoms with E-state index in [1.807, 2.05) is 12.1 Å². The molecule has 0 heterocycles. The predicted octanol–water partition coefficient (Wildman–Crippen LogP) is 2.51. The summed E-state index contributed by atoms with van der Waals surface area (Å²) in [6.07, 6.45) is 3.93. The van der Waals surface area contributed by atoms with E-state index >= 15 is 0 Å². The van der Waals surface area contributed by atoms with Gasteiger partial charge in [-0.3, -0.25) is 0 Å². The highest BCUT2D eigenvalue weighted by Gasteiger charge is 1.98. The fourth-order valence-corrected chi connectivity index (χ4v) is 1.71. The third-order valence-corrected chi connectivity index (χ3v) is 2.55. The van der Waals surface area contributed by atoms with E-state index in [9.17, 15) is 0 Å². The molecule has 0 unspecified atom stereocenters. The molecule has 0 radical (unpaired) electrons. The number of hydrogen-bond acceptors (Lipinski definition) is 2. The fraction of sp³-hybridized carbons (Fsp3) is 0.200. The van der Waals surface area contributed by atoms with Gasteiger partial charge in [0.2, 0.25) is 0 Å². The highest BCUT2D eigenvalue weighted by Crippen LogP contribution is 2.22. The predicted molar refractivity (Wildman–Crippen MR) is 56.2 cm³/mol. The Bertz CT molecular complexity index is 281. The van der Waals surface area contributed by atoms with Gasteiger partial charge in [0.05, 0.1) is 0 Å². The Kier molecular flexibility index (Phi) is 3.38. The maximum Gasteiger partial charge on any atom is 0.0178 e. The quantitative estimate of drug-likeness (QED) is 0.721. The van der Waals surface area contributed by atoms with Crippen molar-refractivity contribution in [1.29, 1.82) is 0 Å². The van der Waals surface area contributed by atoms with E-state index in [2.05, 4.69) is 25.0 Å². The van der Waals surface area contributed by atoms with Crippen LogP contribution < -0.4 is 5.73 Å². The molecule has 1 rings (SSSR count). The second kappa shape index (κ2) is 4.33. The van der Waals surface area contributed by atoms with Crippen molar-refractivity contribution in [3.63, 3.8) is 0 Å². The zero-order valence-electron chi connectivity index (χ0n) is 7.21. The topological polar surface area (TPSA) is 26.0 Å². The Balaban J connectivity index is 3.10. The average molecular weight is 179 g/mol. The molecule has 0 bridgehead atoms. The van der Waals surface area contributed by atoms with E-state index in [0.717, 1.165) is 0 Å². The number of hydrogen-bond donors (Lipinski definition) is 1. The average Bonchev–Trinajstić information content (AvgIpc) is 2.16. The molecule has 1 aromatic carbocycles. The second-order valence-electron chi connectivity index (χ2n) is 2.48. The maximum atomic E-state index is 5.53. The zero-order valence-corrected chi connectivity index (χ0v) is 8.03. The van der Waals surface area contributed by atoms with E-state index in [-0.39, 0.29) is 0 Å². The van der Waals surface area contributed by atoms with E-state index in [0.29, 0.717) is 6.54 Å². The van der Waals surface area contributed by atoms with Crippen molar-refractivity contribution in [2.45, 2.75) is 11.4 Å². The molecular weight excluding hydrogens is 166 g/mol. The zero-order chi connectivity index (χ0) is 8.97. The fourth-order valence-electron chi connectivity index (χ4n) is 1.05. The molecule has 64 valence electrons. The molecule has 0 atom stereocenters. The van der Waals surface area contributed by atoms with Gasteiger partial charge in [-0.25, -0.2) is 0 Å². The molecule has 1 aromatic rings. The van der Waals surface area contributed by atoms with Gasteiger partial charge < -0.3 is 5.73 Å². The Morgan fingerprint density at radius 1 is 1.58 bits per heavy atom. The van der Waals surface area contributed by atoms with Crippen LogP contribution in [0.15, 0.2) is 29.7 Å². The first-order chi connectivity index (χ1) is 5.81. The molecule has 0 aromatic heterocycles. The van der Waals surface area contributed by atoms with Crippen molar-refractivity contribution in [2.75, 3.05) is 6.26 Å². The third kappa shape index (κ3) is 1.90. The summed E-state index contributed by atoms with van der Waals surface area (Å²) in [6, 6.07) is 6.21. The molecule has 0 saturated carbocycles. The highest BCUT2D eigenvalue weighted by atomic mass is 32.2. The summed E-state index contributed by atoms with van der Waals surface area (Å²) in [7, 11) is 0. The number of thioether (sulfide) groups is 1. The van der Waals surface area contributed by atoms with Crippen LogP contribution in [-0.2, 0) is 6.54 Å². The van der Waals surface area contributed by atoms with Crippen LogP contribution in [0.5, 0.6) is 0 Å². The Labute approximate surface area is 77.7 Å². The smallest absolute Gasteiger partial charge is 0.0178 e. The van der Waals surface area contributed by atoms with E-state index < -0.39 is 0 Å². The lowest BCUT2D eigenvalue weighted by Gasteiger charge is -2.04. The molecule has 0 aliphatic rings. The molecule has 12 heavy (non-hydrogen) atoms. The second-order valence-corrected chi connectivity index (χ2v) is 3.33. The number of nitrogens with two attached hydrogens (primary N) is 1. The van der Waals surface area contributed by atoms with Gasteiger partial charge in [0.1, 0.15) is 0 Å². The summed E-state index contributed by atoms with van der Waals surface area (Å²) < 4.78 is 0. The Morgan fingerprint density at radius 2 is 2.33 bits per heavy atom. The van der Waals surface area contributed by atoms with Crippen molar-refractivity contribution in [3.8, 4) is 0 Å². The van der Waals surface area contributed by atoms with Crippen LogP contribution in [0.4, 0.5) is 0 Å². The molecule has 2 N–H and O–H groups in total. The maximum absolute atomic E-state index is 5.53. The van der Waals surface area contributed by atoms with Crippen molar-refractivity contribution in [3.05, 3.63) is 35.9 Å². The molecule has 2 heteroatoms. The summed E-state index contributed by atoms with van der Waals surface area (Å²) in [6.45, 7) is 4.35. The van der Waals surface area contributed by atoms with Crippen LogP contribution >= 0.6 is 11.8 Å². The molecule has 1 nitrogen and oxygen atoms in total. The monoisotopic (exact) mass is 179 g/mol. The van der Waals surface area contributed by atoms with Crippen molar-refractivity contribution in [2.24, 2.45) is 5.73 Å². The molecule has 0 amide bonds. The molecule has 0 aliphatic heterocycles. The lowest BCUT2D eigenvalue weighted by atomic mass is 10.1. The summed E-state index contributed by atoms with van der Waals surface area (Å²) in [5.74, 6) is 0. The van der Waals surface area contributed by atoms with Crippen LogP contribution in [0.25, 0.3) is 6.08 Å². The van der Waals surface area contributed by atoms with Crippen LogP contribution in [0, 0.1) is 0 Å². The largest absolute Gasteiger partial charge is 0.326 e. The van der Waals surface area contributed by atoms with Crippen LogP contribution in [0.2, 0.25) is 0 Å². The highest BCUT2D eigenvalue weighted by molar-refractivity contribution is 7.98. The van der Waals surface area contributed by atoms with E-state index in [1.54, 1.807) is 11.8 Å². The van der Waals surface area contributed by atoms with Gasteiger partial charge >= 0.3 is 0 Å². The van der Waals surface area contributed by atoms with E-state index in [4.69, 9.17) is 5.73 Å². The van der Waals surface area contributed by atoms with Crippen LogP contribution in [0.1, 0.15) is 11.1 Å². The third-order valence-electron chi connectivity index (χ3n) is 1.75. The Hall–Kier alpha value is -0.730. The summed E-state index contributed by atoms with van der Waals surface area (Å²) in [5, 5.41) is 0. The summed E-state index contributed by atoms with van der Waals surface area (Å²) in [5.41, 5.74) is 7.88. The molecule has 0 saturated heterocycles. The van der Waals surface area contributed by atoms with Crippen molar-refractivity contribution >= 4 is 17.8 Å². The van der Waals surface area contributed by atoms with E-state index in [1.165, 1.54) is 16.0 Å². The van der Waals surface area contributed by atoms with Crippen LogP contribution in [0.3, 0.4) is 0 Å². The minimum atomic E-state index is 0.602. The summed E-state index contributed by atoms with van der Waals surface area (Å²) >= 11 is 1.72. The van der Waals surface area contributed by atoms with Gasteiger partial charge in [0.15, 0.2) is 0 Å². The van der Waals surface area contributed by atoms with Gasteiger partial charge in [-0.2, -0.15) is 0 Å². The first-order valence-electron chi connectivity index (χ1n) is 3.81. The minimum Gasteiger partial charge on any atom is -0.326 e.